The Morgan fingerprint density at radius 2 is 1.69 bits per heavy atom. The molecule has 2 aliphatic rings. The highest BCUT2D eigenvalue weighted by molar-refractivity contribution is 9.11. The minimum Gasteiger partial charge on any atom is -0.373 e. The second-order valence-electron chi connectivity index (χ2n) is 7.48. The number of piperidine rings is 1. The molecule has 1 saturated heterocycles. The van der Waals surface area contributed by atoms with Crippen molar-refractivity contribution in [1.29, 1.82) is 0 Å². The zero-order chi connectivity index (χ0) is 17.9. The molecule has 2 atom stereocenters. The number of rotatable bonds is 4. The van der Waals surface area contributed by atoms with Gasteiger partial charge in [-0.15, -0.1) is 0 Å². The number of aryl methyl sites for hydroxylation is 1. The number of hydrogen-bond acceptors (Lipinski definition) is 2. The largest absolute Gasteiger partial charge is 0.373 e. The first-order chi connectivity index (χ1) is 12.7. The van der Waals surface area contributed by atoms with Gasteiger partial charge in [0.15, 0.2) is 0 Å². The fourth-order valence-electron chi connectivity index (χ4n) is 4.61. The number of nitrogens with one attached hydrogen (secondary N) is 1. The SMILES string of the molecule is Brc1cc(Br)cc(CO[C@@H]2CCc3ccccc3[C@H]2C2CCNCC2)c1. The van der Waals surface area contributed by atoms with Crippen LogP contribution in [0.25, 0.3) is 0 Å². The Hall–Kier alpha value is -0.680. The molecule has 0 unspecified atom stereocenters. The normalized spacial score (nSPS) is 23.6. The number of halogens is 2. The summed E-state index contributed by atoms with van der Waals surface area (Å²) in [4.78, 5) is 0. The minimum atomic E-state index is 0.311. The molecule has 0 spiro atoms. The molecule has 1 aliphatic heterocycles. The fourth-order valence-corrected chi connectivity index (χ4v) is 6.00. The third-order valence-corrected chi connectivity index (χ3v) is 6.71. The Bertz CT molecular complexity index is 737. The van der Waals surface area contributed by atoms with Gasteiger partial charge in [0.25, 0.3) is 0 Å². The lowest BCUT2D eigenvalue weighted by atomic mass is 9.71. The molecule has 2 aromatic rings. The maximum atomic E-state index is 6.54. The predicted octanol–water partition coefficient (Wildman–Crippen LogP) is 5.83. The van der Waals surface area contributed by atoms with Gasteiger partial charge in [0.2, 0.25) is 0 Å². The van der Waals surface area contributed by atoms with E-state index in [-0.39, 0.29) is 0 Å². The highest BCUT2D eigenvalue weighted by atomic mass is 79.9. The van der Waals surface area contributed by atoms with Crippen molar-refractivity contribution in [1.82, 2.24) is 5.32 Å². The first kappa shape index (κ1) is 18.7. The highest BCUT2D eigenvalue weighted by Gasteiger charge is 2.36. The number of hydrogen-bond donors (Lipinski definition) is 1. The Morgan fingerprint density at radius 1 is 0.962 bits per heavy atom. The molecule has 0 radical (unpaired) electrons. The molecule has 2 nitrogen and oxygen atoms in total. The van der Waals surface area contributed by atoms with Gasteiger partial charge >= 0.3 is 0 Å². The molecule has 1 aliphatic carbocycles. The maximum Gasteiger partial charge on any atom is 0.0721 e. The zero-order valence-electron chi connectivity index (χ0n) is 14.9. The molecule has 0 saturated carbocycles. The van der Waals surface area contributed by atoms with Crippen LogP contribution >= 0.6 is 31.9 Å². The van der Waals surface area contributed by atoms with E-state index in [9.17, 15) is 0 Å². The van der Waals surface area contributed by atoms with E-state index in [4.69, 9.17) is 4.74 Å². The summed E-state index contributed by atoms with van der Waals surface area (Å²) in [5.74, 6) is 1.24. The monoisotopic (exact) mass is 477 g/mol. The molecule has 138 valence electrons. The Labute approximate surface area is 173 Å². The Kier molecular flexibility index (Phi) is 6.14. The molecule has 4 heteroatoms. The van der Waals surface area contributed by atoms with E-state index in [2.05, 4.69) is 79.6 Å². The topological polar surface area (TPSA) is 21.3 Å². The lowest BCUT2D eigenvalue weighted by molar-refractivity contribution is -0.00559. The quantitative estimate of drug-likeness (QED) is 0.597. The van der Waals surface area contributed by atoms with Gasteiger partial charge in [-0.25, -0.2) is 0 Å². The number of fused-ring (bicyclic) bond motifs is 1. The third kappa shape index (κ3) is 4.24. The summed E-state index contributed by atoms with van der Waals surface area (Å²) in [7, 11) is 0. The van der Waals surface area contributed by atoms with Crippen molar-refractivity contribution in [3.05, 3.63) is 68.1 Å². The van der Waals surface area contributed by atoms with E-state index in [0.29, 0.717) is 18.6 Å². The van der Waals surface area contributed by atoms with E-state index in [1.165, 1.54) is 29.5 Å². The molecular weight excluding hydrogens is 454 g/mol. The van der Waals surface area contributed by atoms with E-state index >= 15 is 0 Å². The van der Waals surface area contributed by atoms with Gasteiger partial charge in [-0.1, -0.05) is 56.1 Å². The van der Waals surface area contributed by atoms with Crippen molar-refractivity contribution in [2.24, 2.45) is 5.92 Å². The van der Waals surface area contributed by atoms with Crippen LogP contribution in [-0.4, -0.2) is 19.2 Å². The molecule has 2 aromatic carbocycles. The molecule has 4 rings (SSSR count). The van der Waals surface area contributed by atoms with E-state index in [1.807, 2.05) is 0 Å². The summed E-state index contributed by atoms with van der Waals surface area (Å²) in [6, 6.07) is 15.4. The van der Waals surface area contributed by atoms with Crippen LogP contribution in [0.3, 0.4) is 0 Å². The molecule has 1 N–H and O–H groups in total. The van der Waals surface area contributed by atoms with E-state index in [0.717, 1.165) is 40.8 Å². The second-order valence-corrected chi connectivity index (χ2v) is 9.31. The van der Waals surface area contributed by atoms with Crippen LogP contribution in [0, 0.1) is 5.92 Å². The molecule has 1 heterocycles. The first-order valence-corrected chi connectivity index (χ1v) is 11.1. The van der Waals surface area contributed by atoms with Crippen LogP contribution in [0.5, 0.6) is 0 Å². The van der Waals surface area contributed by atoms with Crippen molar-refractivity contribution < 1.29 is 4.74 Å². The van der Waals surface area contributed by atoms with Crippen molar-refractivity contribution in [2.45, 2.75) is 44.3 Å². The summed E-state index contributed by atoms with van der Waals surface area (Å²) in [6.45, 7) is 2.94. The van der Waals surface area contributed by atoms with Gasteiger partial charge < -0.3 is 10.1 Å². The highest BCUT2D eigenvalue weighted by Crippen LogP contribution is 2.42. The number of ether oxygens (including phenoxy) is 1. The van der Waals surface area contributed by atoms with Crippen molar-refractivity contribution in [2.75, 3.05) is 13.1 Å². The van der Waals surface area contributed by atoms with Gasteiger partial charge in [-0.2, -0.15) is 0 Å². The average molecular weight is 479 g/mol. The van der Waals surface area contributed by atoms with Crippen LogP contribution in [0.15, 0.2) is 51.4 Å². The summed E-state index contributed by atoms with van der Waals surface area (Å²) in [6.07, 6.45) is 5.07. The van der Waals surface area contributed by atoms with Gasteiger partial charge in [0.1, 0.15) is 0 Å². The van der Waals surface area contributed by atoms with Crippen molar-refractivity contribution in [3.63, 3.8) is 0 Å². The van der Waals surface area contributed by atoms with Crippen LogP contribution in [0.4, 0.5) is 0 Å². The third-order valence-electron chi connectivity index (χ3n) is 5.79. The predicted molar refractivity (Wildman–Crippen MR) is 114 cm³/mol. The van der Waals surface area contributed by atoms with E-state index in [1.54, 1.807) is 0 Å². The maximum absolute atomic E-state index is 6.54. The minimum absolute atomic E-state index is 0.311. The molecule has 1 fully saturated rings. The van der Waals surface area contributed by atoms with E-state index < -0.39 is 0 Å². The molecule has 0 bridgehead atoms. The van der Waals surface area contributed by atoms with Crippen LogP contribution in [0.1, 0.15) is 41.9 Å². The fraction of sp³-hybridized carbons (Fsp3) is 0.455. The summed E-state index contributed by atoms with van der Waals surface area (Å²) < 4.78 is 8.72. The van der Waals surface area contributed by atoms with Gasteiger partial charge in [0, 0.05) is 14.9 Å². The van der Waals surface area contributed by atoms with Crippen molar-refractivity contribution in [3.8, 4) is 0 Å². The van der Waals surface area contributed by atoms with Gasteiger partial charge in [-0.05, 0) is 79.6 Å². The Balaban J connectivity index is 1.55. The smallest absolute Gasteiger partial charge is 0.0721 e. The molecule has 26 heavy (non-hydrogen) atoms. The first-order valence-electron chi connectivity index (χ1n) is 9.56. The van der Waals surface area contributed by atoms with Gasteiger partial charge in [0.05, 0.1) is 12.7 Å². The molecule has 0 amide bonds. The lowest BCUT2D eigenvalue weighted by Crippen LogP contribution is -2.38. The summed E-state index contributed by atoms with van der Waals surface area (Å²) in [5, 5.41) is 3.51. The number of benzene rings is 2. The van der Waals surface area contributed by atoms with Crippen molar-refractivity contribution >= 4 is 31.9 Å². The zero-order valence-corrected chi connectivity index (χ0v) is 18.1. The molecule has 0 aromatic heterocycles. The van der Waals surface area contributed by atoms with Crippen LogP contribution in [0.2, 0.25) is 0 Å². The van der Waals surface area contributed by atoms with Crippen LogP contribution in [-0.2, 0) is 17.8 Å². The van der Waals surface area contributed by atoms with Crippen LogP contribution < -0.4 is 5.32 Å². The lowest BCUT2D eigenvalue weighted by Gasteiger charge is -2.40. The standard InChI is InChI=1S/C22H25Br2NO/c23-18-11-15(12-19(24)13-18)14-26-21-6-5-16-3-1-2-4-20(16)22(21)17-7-9-25-10-8-17/h1-4,11-13,17,21-22,25H,5-10,14H2/t21-,22-/m1/s1. The second kappa shape index (κ2) is 8.55. The summed E-state index contributed by atoms with van der Waals surface area (Å²) in [5.41, 5.74) is 4.28. The van der Waals surface area contributed by atoms with Gasteiger partial charge in [-0.3, -0.25) is 0 Å². The average Bonchev–Trinajstić information content (AvgIpc) is 2.66. The Morgan fingerprint density at radius 3 is 2.46 bits per heavy atom. The summed E-state index contributed by atoms with van der Waals surface area (Å²) >= 11 is 7.16. The molecular formula is C22H25Br2NO.